The number of sulfone groups is 1. The summed E-state index contributed by atoms with van der Waals surface area (Å²) in [4.78, 5) is 0. The minimum atomic E-state index is -3.21. The molecular formula is C17H26O3S. The Morgan fingerprint density at radius 3 is 2.29 bits per heavy atom. The number of hydrogen-bond donors (Lipinski definition) is 1. The van der Waals surface area contributed by atoms with Crippen LogP contribution < -0.4 is 0 Å². The molecule has 1 N–H and O–H groups in total. The third-order valence-electron chi connectivity index (χ3n) is 4.52. The van der Waals surface area contributed by atoms with E-state index < -0.39 is 20.7 Å². The molecule has 3 nitrogen and oxygen atoms in total. The van der Waals surface area contributed by atoms with Gasteiger partial charge in [0.05, 0.1) is 10.9 Å². The molecule has 1 aromatic rings. The Morgan fingerprint density at radius 1 is 1.24 bits per heavy atom. The lowest BCUT2D eigenvalue weighted by atomic mass is 9.85. The van der Waals surface area contributed by atoms with Crippen LogP contribution in [-0.4, -0.2) is 30.6 Å². The number of hydrogen-bond acceptors (Lipinski definition) is 3. The second-order valence-corrected chi connectivity index (χ2v) is 9.67. The number of benzene rings is 1. The first-order chi connectivity index (χ1) is 9.52. The van der Waals surface area contributed by atoms with Crippen LogP contribution in [0.4, 0.5) is 0 Å². The molecule has 0 bridgehead atoms. The van der Waals surface area contributed by atoms with Gasteiger partial charge in [-0.05, 0) is 35.8 Å². The highest BCUT2D eigenvalue weighted by Gasteiger charge is 2.46. The Morgan fingerprint density at radius 2 is 1.81 bits per heavy atom. The van der Waals surface area contributed by atoms with E-state index in [1.807, 2.05) is 12.1 Å². The van der Waals surface area contributed by atoms with E-state index >= 15 is 0 Å². The largest absolute Gasteiger partial charge is 0.388 e. The van der Waals surface area contributed by atoms with Crippen LogP contribution in [0, 0.1) is 0 Å². The van der Waals surface area contributed by atoms with Crippen molar-refractivity contribution in [3.05, 3.63) is 35.4 Å². The van der Waals surface area contributed by atoms with Crippen molar-refractivity contribution < 1.29 is 13.5 Å². The van der Waals surface area contributed by atoms with Crippen molar-refractivity contribution in [2.75, 3.05) is 6.26 Å². The van der Waals surface area contributed by atoms with Gasteiger partial charge in [0.2, 0.25) is 0 Å². The second kappa shape index (κ2) is 5.40. The summed E-state index contributed by atoms with van der Waals surface area (Å²) in [6.07, 6.45) is 3.54. The summed E-state index contributed by atoms with van der Waals surface area (Å²) in [5.74, 6) is 0. The summed E-state index contributed by atoms with van der Waals surface area (Å²) in [7, 11) is -3.21. The fraction of sp³-hybridized carbons (Fsp3) is 0.647. The van der Waals surface area contributed by atoms with Crippen LogP contribution in [0.15, 0.2) is 24.3 Å². The quantitative estimate of drug-likeness (QED) is 0.934. The molecule has 2 rings (SSSR count). The first kappa shape index (κ1) is 16.5. The molecule has 0 heterocycles. The van der Waals surface area contributed by atoms with Gasteiger partial charge >= 0.3 is 0 Å². The highest BCUT2D eigenvalue weighted by atomic mass is 32.2. The Hall–Kier alpha value is -0.870. The molecule has 1 aromatic carbocycles. The predicted molar refractivity (Wildman–Crippen MR) is 86.3 cm³/mol. The van der Waals surface area contributed by atoms with E-state index in [9.17, 15) is 13.5 Å². The summed E-state index contributed by atoms with van der Waals surface area (Å²) in [5, 5.41) is 10.2. The van der Waals surface area contributed by atoms with Gasteiger partial charge in [0.25, 0.3) is 0 Å². The standard InChI is InChI=1S/C17H26O3S/c1-16(2,3)14-9-7-13(8-10-14)12-17(18)11-5-6-15(17)21(4,19)20/h7-10,15,18H,5-6,11-12H2,1-4H3. The Kier molecular flexibility index (Phi) is 4.24. The third kappa shape index (κ3) is 3.67. The molecule has 1 fully saturated rings. The first-order valence-corrected chi connectivity index (χ1v) is 9.48. The minimum absolute atomic E-state index is 0.0953. The zero-order chi connectivity index (χ0) is 15.9. The molecule has 0 saturated heterocycles. The summed E-state index contributed by atoms with van der Waals surface area (Å²) < 4.78 is 23.7. The summed E-state index contributed by atoms with van der Waals surface area (Å²) in [6.45, 7) is 6.48. The van der Waals surface area contributed by atoms with Crippen LogP contribution in [0.1, 0.15) is 51.2 Å². The predicted octanol–water partition coefficient (Wildman–Crippen LogP) is 2.85. The number of rotatable bonds is 3. The normalized spacial score (nSPS) is 27.0. The van der Waals surface area contributed by atoms with E-state index in [-0.39, 0.29) is 5.41 Å². The third-order valence-corrected chi connectivity index (χ3v) is 6.23. The summed E-state index contributed by atoms with van der Waals surface area (Å²) in [6, 6.07) is 8.17. The van der Waals surface area contributed by atoms with Gasteiger partial charge in [-0.1, -0.05) is 45.0 Å². The van der Waals surface area contributed by atoms with Crippen molar-refractivity contribution >= 4 is 9.84 Å². The molecule has 0 radical (unpaired) electrons. The van der Waals surface area contributed by atoms with E-state index in [1.165, 1.54) is 11.8 Å². The zero-order valence-electron chi connectivity index (χ0n) is 13.4. The van der Waals surface area contributed by atoms with Crippen LogP contribution in [0.5, 0.6) is 0 Å². The SMILES string of the molecule is CC(C)(C)c1ccc(CC2(O)CCCC2S(C)(=O)=O)cc1. The van der Waals surface area contributed by atoms with Gasteiger partial charge in [0.1, 0.15) is 0 Å². The van der Waals surface area contributed by atoms with E-state index in [0.29, 0.717) is 19.3 Å². The number of aliphatic hydroxyl groups is 1. The zero-order valence-corrected chi connectivity index (χ0v) is 14.2. The Balaban J connectivity index is 2.21. The molecule has 0 amide bonds. The smallest absolute Gasteiger partial charge is 0.153 e. The summed E-state index contributed by atoms with van der Waals surface area (Å²) >= 11 is 0. The van der Waals surface area contributed by atoms with Gasteiger partial charge in [-0.15, -0.1) is 0 Å². The van der Waals surface area contributed by atoms with Crippen LogP contribution in [0.25, 0.3) is 0 Å². The van der Waals surface area contributed by atoms with Crippen LogP contribution in [-0.2, 0) is 21.7 Å². The van der Waals surface area contributed by atoms with Crippen molar-refractivity contribution in [2.24, 2.45) is 0 Å². The molecule has 118 valence electrons. The lowest BCUT2D eigenvalue weighted by molar-refractivity contribution is 0.0513. The molecule has 1 saturated carbocycles. The maximum atomic E-state index is 11.9. The topological polar surface area (TPSA) is 54.4 Å². The average molecular weight is 310 g/mol. The van der Waals surface area contributed by atoms with Gasteiger partial charge < -0.3 is 5.11 Å². The van der Waals surface area contributed by atoms with Crippen LogP contribution >= 0.6 is 0 Å². The molecule has 2 atom stereocenters. The molecule has 1 aliphatic carbocycles. The minimum Gasteiger partial charge on any atom is -0.388 e. The average Bonchev–Trinajstić information content (AvgIpc) is 2.70. The molecule has 4 heteroatoms. The fourth-order valence-electron chi connectivity index (χ4n) is 3.31. The highest BCUT2D eigenvalue weighted by molar-refractivity contribution is 7.91. The molecule has 21 heavy (non-hydrogen) atoms. The van der Waals surface area contributed by atoms with E-state index in [1.54, 1.807) is 0 Å². The monoisotopic (exact) mass is 310 g/mol. The Bertz CT molecular complexity index is 596. The molecule has 2 unspecified atom stereocenters. The second-order valence-electron chi connectivity index (χ2n) is 7.44. The van der Waals surface area contributed by atoms with E-state index in [4.69, 9.17) is 0 Å². The molecule has 0 aromatic heterocycles. The molecule has 0 spiro atoms. The Labute approximate surface area is 128 Å². The maximum absolute atomic E-state index is 11.9. The first-order valence-electron chi connectivity index (χ1n) is 7.53. The van der Waals surface area contributed by atoms with Crippen molar-refractivity contribution in [3.63, 3.8) is 0 Å². The highest BCUT2D eigenvalue weighted by Crippen LogP contribution is 2.37. The van der Waals surface area contributed by atoms with Gasteiger partial charge in [-0.3, -0.25) is 0 Å². The fourth-order valence-corrected chi connectivity index (χ4v) is 4.91. The lowest BCUT2D eigenvalue weighted by Crippen LogP contribution is -2.44. The van der Waals surface area contributed by atoms with Crippen LogP contribution in [0.3, 0.4) is 0 Å². The van der Waals surface area contributed by atoms with Gasteiger partial charge in [0.15, 0.2) is 9.84 Å². The van der Waals surface area contributed by atoms with Gasteiger partial charge in [-0.25, -0.2) is 8.42 Å². The van der Waals surface area contributed by atoms with Gasteiger partial charge in [0, 0.05) is 12.7 Å². The molecular weight excluding hydrogens is 284 g/mol. The molecule has 0 aliphatic heterocycles. The summed E-state index contributed by atoms with van der Waals surface area (Å²) in [5.41, 5.74) is 1.22. The van der Waals surface area contributed by atoms with E-state index in [0.717, 1.165) is 12.0 Å². The maximum Gasteiger partial charge on any atom is 0.153 e. The van der Waals surface area contributed by atoms with Crippen molar-refractivity contribution in [3.8, 4) is 0 Å². The van der Waals surface area contributed by atoms with Crippen molar-refractivity contribution in [1.82, 2.24) is 0 Å². The lowest BCUT2D eigenvalue weighted by Gasteiger charge is -2.29. The van der Waals surface area contributed by atoms with Gasteiger partial charge in [-0.2, -0.15) is 0 Å². The van der Waals surface area contributed by atoms with E-state index in [2.05, 4.69) is 32.9 Å². The van der Waals surface area contributed by atoms with Crippen LogP contribution in [0.2, 0.25) is 0 Å². The van der Waals surface area contributed by atoms with Crippen molar-refractivity contribution in [2.45, 2.75) is 62.7 Å². The van der Waals surface area contributed by atoms with Crippen molar-refractivity contribution in [1.29, 1.82) is 0 Å². The molecule has 1 aliphatic rings.